The predicted molar refractivity (Wildman–Crippen MR) is 97.9 cm³/mol. The fraction of sp³-hybridized carbons (Fsp3) is 0.579. The summed E-state index contributed by atoms with van der Waals surface area (Å²) >= 11 is 1.60. The molecular weight excluding hydrogens is 324 g/mol. The first-order valence-electron chi connectivity index (χ1n) is 8.26. The molecule has 134 valence electrons. The van der Waals surface area contributed by atoms with Gasteiger partial charge >= 0.3 is 11.9 Å². The summed E-state index contributed by atoms with van der Waals surface area (Å²) in [5.74, 6) is -2.61. The second kappa shape index (κ2) is 9.02. The Balaban J connectivity index is 2.95. The maximum atomic E-state index is 12.6. The van der Waals surface area contributed by atoms with E-state index in [2.05, 4.69) is 0 Å². The molecule has 1 unspecified atom stereocenters. The van der Waals surface area contributed by atoms with Crippen LogP contribution in [0.1, 0.15) is 52.3 Å². The van der Waals surface area contributed by atoms with E-state index in [1.165, 1.54) is 0 Å². The first-order chi connectivity index (χ1) is 11.1. The zero-order valence-electron chi connectivity index (χ0n) is 15.1. The topological polar surface area (TPSA) is 63.6 Å². The molecule has 1 N–H and O–H groups in total. The van der Waals surface area contributed by atoms with Crippen LogP contribution < -0.4 is 0 Å². The second-order valence-electron chi connectivity index (χ2n) is 7.37. The van der Waals surface area contributed by atoms with E-state index in [9.17, 15) is 14.7 Å². The van der Waals surface area contributed by atoms with E-state index < -0.39 is 29.4 Å². The number of hydrogen-bond acceptors (Lipinski definition) is 4. The van der Waals surface area contributed by atoms with Crippen LogP contribution in [-0.4, -0.2) is 22.6 Å². The maximum absolute atomic E-state index is 12.6. The number of hydrogen-bond donors (Lipinski definition) is 1. The Hall–Kier alpha value is -1.62. The van der Waals surface area contributed by atoms with Gasteiger partial charge in [-0.25, -0.2) is 0 Å². The number of allylic oxidation sites excluding steroid dienone is 1. The lowest BCUT2D eigenvalue weighted by Crippen LogP contribution is -2.36. The van der Waals surface area contributed by atoms with Gasteiger partial charge in [0, 0.05) is 4.88 Å². The Morgan fingerprint density at radius 1 is 1.29 bits per heavy atom. The average molecular weight is 352 g/mol. The molecule has 0 aromatic carbocycles. The van der Waals surface area contributed by atoms with Crippen molar-refractivity contribution in [3.8, 4) is 0 Å². The van der Waals surface area contributed by atoms with Crippen molar-refractivity contribution in [3.63, 3.8) is 0 Å². The minimum Gasteiger partial charge on any atom is -0.481 e. The summed E-state index contributed by atoms with van der Waals surface area (Å²) in [6, 6.07) is 3.93. The van der Waals surface area contributed by atoms with Crippen LogP contribution in [0.5, 0.6) is 0 Å². The lowest BCUT2D eigenvalue weighted by Gasteiger charge is -2.27. The van der Waals surface area contributed by atoms with Crippen LogP contribution in [0.25, 0.3) is 6.08 Å². The number of carboxylic acids is 1. The van der Waals surface area contributed by atoms with Gasteiger partial charge in [0.2, 0.25) is 0 Å². The summed E-state index contributed by atoms with van der Waals surface area (Å²) in [6.07, 6.45) is 4.61. The lowest BCUT2D eigenvalue weighted by molar-refractivity contribution is -0.167. The molecule has 4 nitrogen and oxygen atoms in total. The molecule has 0 aliphatic rings. The Morgan fingerprint density at radius 2 is 1.96 bits per heavy atom. The van der Waals surface area contributed by atoms with Gasteiger partial charge in [0.1, 0.15) is 5.60 Å². The average Bonchev–Trinajstić information content (AvgIpc) is 2.92. The highest BCUT2D eigenvalue weighted by atomic mass is 32.1. The Kier molecular flexibility index (Phi) is 7.67. The highest BCUT2D eigenvalue weighted by Gasteiger charge is 2.36. The van der Waals surface area contributed by atoms with Crippen molar-refractivity contribution in [3.05, 3.63) is 28.5 Å². The van der Waals surface area contributed by atoms with Gasteiger partial charge in [-0.1, -0.05) is 26.0 Å². The van der Waals surface area contributed by atoms with Crippen LogP contribution in [-0.2, 0) is 14.3 Å². The third kappa shape index (κ3) is 7.30. The largest absolute Gasteiger partial charge is 0.481 e. The molecule has 0 aliphatic carbocycles. The second-order valence-corrected chi connectivity index (χ2v) is 8.35. The van der Waals surface area contributed by atoms with Crippen molar-refractivity contribution in [1.82, 2.24) is 0 Å². The van der Waals surface area contributed by atoms with Crippen molar-refractivity contribution in [2.75, 3.05) is 0 Å². The van der Waals surface area contributed by atoms with Crippen molar-refractivity contribution in [1.29, 1.82) is 0 Å². The summed E-state index contributed by atoms with van der Waals surface area (Å²) < 4.78 is 5.47. The molecular formula is C19H28O4S. The summed E-state index contributed by atoms with van der Waals surface area (Å²) in [6.45, 7) is 9.30. The SMILES string of the molecule is CC(C)C[C@@H](C(=O)O)C(CC=Cc1cccs1)C(=O)OC(C)(C)C. The molecule has 0 bridgehead atoms. The number of ether oxygens (including phenoxy) is 1. The van der Waals surface area contributed by atoms with Crippen LogP contribution in [0.2, 0.25) is 0 Å². The summed E-state index contributed by atoms with van der Waals surface area (Å²) in [7, 11) is 0. The molecule has 2 atom stereocenters. The van der Waals surface area contributed by atoms with Crippen molar-refractivity contribution in [2.45, 2.75) is 53.1 Å². The molecule has 0 amide bonds. The third-order valence-electron chi connectivity index (χ3n) is 3.45. The van der Waals surface area contributed by atoms with Gasteiger partial charge in [-0.05, 0) is 57.1 Å². The summed E-state index contributed by atoms with van der Waals surface area (Å²) in [5, 5.41) is 11.6. The first-order valence-corrected chi connectivity index (χ1v) is 9.14. The van der Waals surface area contributed by atoms with Crippen LogP contribution in [0.15, 0.2) is 23.6 Å². The molecule has 1 heterocycles. The normalized spacial score (nSPS) is 14.8. The molecule has 24 heavy (non-hydrogen) atoms. The number of esters is 1. The van der Waals surface area contributed by atoms with E-state index in [1.54, 1.807) is 32.1 Å². The standard InChI is InChI=1S/C19H28O4S/c1-13(2)12-16(17(20)21)15(18(22)23-19(3,4)5)10-6-8-14-9-7-11-24-14/h6-9,11,13,15-16H,10,12H2,1-5H3,(H,20,21)/t15?,16-/m1/s1. The zero-order chi connectivity index (χ0) is 18.3. The fourth-order valence-electron chi connectivity index (χ4n) is 2.46. The van der Waals surface area contributed by atoms with Crippen LogP contribution >= 0.6 is 11.3 Å². The smallest absolute Gasteiger partial charge is 0.310 e. The van der Waals surface area contributed by atoms with Gasteiger partial charge in [-0.3, -0.25) is 9.59 Å². The number of carboxylic acid groups (broad SMARTS) is 1. The van der Waals surface area contributed by atoms with Gasteiger partial charge in [0.25, 0.3) is 0 Å². The molecule has 0 saturated heterocycles. The minimum atomic E-state index is -0.941. The predicted octanol–water partition coefficient (Wildman–Crippen LogP) is 4.86. The third-order valence-corrected chi connectivity index (χ3v) is 4.29. The Bertz CT molecular complexity index is 552. The van der Waals surface area contributed by atoms with Gasteiger partial charge in [-0.2, -0.15) is 0 Å². The van der Waals surface area contributed by atoms with E-state index in [0.29, 0.717) is 12.8 Å². The molecule has 0 saturated carbocycles. The highest BCUT2D eigenvalue weighted by Crippen LogP contribution is 2.28. The molecule has 1 rings (SSSR count). The number of carbonyl (C=O) groups is 2. The lowest BCUT2D eigenvalue weighted by atomic mass is 9.83. The van der Waals surface area contributed by atoms with E-state index >= 15 is 0 Å². The van der Waals surface area contributed by atoms with Crippen molar-refractivity contribution < 1.29 is 19.4 Å². The zero-order valence-corrected chi connectivity index (χ0v) is 15.9. The van der Waals surface area contributed by atoms with E-state index in [4.69, 9.17) is 4.74 Å². The quantitative estimate of drug-likeness (QED) is 0.679. The van der Waals surface area contributed by atoms with E-state index in [-0.39, 0.29) is 5.92 Å². The number of carbonyl (C=O) groups excluding carboxylic acids is 1. The maximum Gasteiger partial charge on any atom is 0.310 e. The molecule has 0 fully saturated rings. The summed E-state index contributed by atoms with van der Waals surface area (Å²) in [5.41, 5.74) is -0.631. The molecule has 1 aromatic rings. The van der Waals surface area contributed by atoms with Gasteiger partial charge in [-0.15, -0.1) is 11.3 Å². The summed E-state index contributed by atoms with van der Waals surface area (Å²) in [4.78, 5) is 25.3. The Labute approximate surface area is 148 Å². The fourth-order valence-corrected chi connectivity index (χ4v) is 3.11. The molecule has 0 radical (unpaired) electrons. The number of aliphatic carboxylic acids is 1. The van der Waals surface area contributed by atoms with Crippen LogP contribution in [0.4, 0.5) is 0 Å². The minimum absolute atomic E-state index is 0.192. The number of thiophene rings is 1. The van der Waals surface area contributed by atoms with Gasteiger partial charge in [0.15, 0.2) is 0 Å². The monoisotopic (exact) mass is 352 g/mol. The molecule has 1 aromatic heterocycles. The van der Waals surface area contributed by atoms with E-state index in [0.717, 1.165) is 4.88 Å². The molecule has 0 aliphatic heterocycles. The van der Waals surface area contributed by atoms with E-state index in [1.807, 2.05) is 43.5 Å². The van der Waals surface area contributed by atoms with Crippen LogP contribution in [0.3, 0.4) is 0 Å². The number of rotatable bonds is 8. The first kappa shape index (κ1) is 20.4. The molecule has 5 heteroatoms. The highest BCUT2D eigenvalue weighted by molar-refractivity contribution is 7.10. The van der Waals surface area contributed by atoms with Crippen molar-refractivity contribution >= 4 is 29.4 Å². The van der Waals surface area contributed by atoms with Crippen molar-refractivity contribution in [2.24, 2.45) is 17.8 Å². The van der Waals surface area contributed by atoms with Gasteiger partial charge < -0.3 is 9.84 Å². The Morgan fingerprint density at radius 3 is 2.42 bits per heavy atom. The molecule has 0 spiro atoms. The van der Waals surface area contributed by atoms with Gasteiger partial charge in [0.05, 0.1) is 11.8 Å². The van der Waals surface area contributed by atoms with Crippen LogP contribution in [0, 0.1) is 17.8 Å².